The quantitative estimate of drug-likeness (QED) is 0.752. The molecule has 2 aliphatic heterocycles. The molecular formula is C17H15NO5. The second kappa shape index (κ2) is 4.87. The molecule has 2 aliphatic rings. The van der Waals surface area contributed by atoms with Crippen LogP contribution in [0.2, 0.25) is 0 Å². The van der Waals surface area contributed by atoms with Crippen LogP contribution in [-0.4, -0.2) is 17.3 Å². The van der Waals surface area contributed by atoms with Crippen LogP contribution >= 0.6 is 0 Å². The average molecular weight is 313 g/mol. The first-order chi connectivity index (χ1) is 11.0. The summed E-state index contributed by atoms with van der Waals surface area (Å²) in [7, 11) is 1.71. The van der Waals surface area contributed by atoms with E-state index >= 15 is 0 Å². The molecule has 0 radical (unpaired) electrons. The van der Waals surface area contributed by atoms with E-state index in [1.807, 2.05) is 12.1 Å². The van der Waals surface area contributed by atoms with Gasteiger partial charge in [0.2, 0.25) is 6.79 Å². The number of ether oxygens (including phenoxy) is 3. The van der Waals surface area contributed by atoms with Crippen LogP contribution in [0.4, 0.5) is 0 Å². The summed E-state index contributed by atoms with van der Waals surface area (Å²) >= 11 is 0. The highest BCUT2D eigenvalue weighted by Crippen LogP contribution is 2.41. The van der Waals surface area contributed by atoms with Crippen LogP contribution < -0.4 is 19.8 Å². The molecular weight excluding hydrogens is 298 g/mol. The predicted molar refractivity (Wildman–Crippen MR) is 81.1 cm³/mol. The van der Waals surface area contributed by atoms with Gasteiger partial charge in [0.15, 0.2) is 11.5 Å². The number of hydrogen-bond donors (Lipinski definition) is 0. The number of carbonyl (C=O) groups excluding carboxylic acids is 1. The molecule has 118 valence electrons. The van der Waals surface area contributed by atoms with E-state index < -0.39 is 0 Å². The summed E-state index contributed by atoms with van der Waals surface area (Å²) in [4.78, 5) is 24.6. The normalized spacial score (nSPS) is 18.5. The van der Waals surface area contributed by atoms with Crippen molar-refractivity contribution in [1.82, 2.24) is 4.57 Å². The number of fused-ring (bicyclic) bond motifs is 2. The molecule has 1 aromatic heterocycles. The molecule has 1 aromatic carbocycles. The number of rotatable bonds is 1. The van der Waals surface area contributed by atoms with E-state index in [1.54, 1.807) is 30.7 Å². The fourth-order valence-corrected chi connectivity index (χ4v) is 3.06. The van der Waals surface area contributed by atoms with Gasteiger partial charge >= 0.3 is 5.97 Å². The summed E-state index contributed by atoms with van der Waals surface area (Å²) in [6.07, 6.45) is 0.130. The first kappa shape index (κ1) is 13.9. The summed E-state index contributed by atoms with van der Waals surface area (Å²) in [5.41, 5.74) is 1.95. The average Bonchev–Trinajstić information content (AvgIpc) is 2.99. The Kier molecular flexibility index (Phi) is 2.94. The third-order valence-corrected chi connectivity index (χ3v) is 4.41. The van der Waals surface area contributed by atoms with Crippen molar-refractivity contribution in [2.45, 2.75) is 19.3 Å². The number of hydrogen-bond acceptors (Lipinski definition) is 5. The molecule has 6 heteroatoms. The van der Waals surface area contributed by atoms with Crippen molar-refractivity contribution in [3.63, 3.8) is 0 Å². The molecule has 4 rings (SSSR count). The molecule has 23 heavy (non-hydrogen) atoms. The maximum Gasteiger partial charge on any atom is 0.312 e. The molecule has 3 heterocycles. The molecule has 0 spiro atoms. The molecule has 0 fully saturated rings. The van der Waals surface area contributed by atoms with Crippen LogP contribution in [0.25, 0.3) is 0 Å². The Morgan fingerprint density at radius 3 is 2.70 bits per heavy atom. The first-order valence-electron chi connectivity index (χ1n) is 7.35. The van der Waals surface area contributed by atoms with Gasteiger partial charge in [0, 0.05) is 24.7 Å². The second-order valence-electron chi connectivity index (χ2n) is 5.77. The lowest BCUT2D eigenvalue weighted by Gasteiger charge is -2.25. The molecule has 0 saturated heterocycles. The van der Waals surface area contributed by atoms with Gasteiger partial charge in [0.05, 0.1) is 12.0 Å². The van der Waals surface area contributed by atoms with E-state index in [0.717, 1.165) is 11.3 Å². The number of benzene rings is 1. The largest absolute Gasteiger partial charge is 0.454 e. The van der Waals surface area contributed by atoms with Gasteiger partial charge in [-0.3, -0.25) is 9.59 Å². The van der Waals surface area contributed by atoms with Crippen LogP contribution in [-0.2, 0) is 11.8 Å². The maximum absolute atomic E-state index is 12.7. The number of aryl methyl sites for hydroxylation is 1. The lowest BCUT2D eigenvalue weighted by atomic mass is 9.86. The fraction of sp³-hybridized carbons (Fsp3) is 0.294. The second-order valence-corrected chi connectivity index (χ2v) is 5.77. The zero-order valence-electron chi connectivity index (χ0n) is 12.8. The number of pyridine rings is 1. The van der Waals surface area contributed by atoms with E-state index in [9.17, 15) is 9.59 Å². The smallest absolute Gasteiger partial charge is 0.312 e. The van der Waals surface area contributed by atoms with Gasteiger partial charge in [-0.15, -0.1) is 0 Å². The van der Waals surface area contributed by atoms with Gasteiger partial charge in [-0.1, -0.05) is 6.07 Å². The Labute approximate surface area is 132 Å². The maximum atomic E-state index is 12.7. The molecule has 6 nitrogen and oxygen atoms in total. The topological polar surface area (TPSA) is 66.8 Å². The van der Waals surface area contributed by atoms with E-state index in [-0.39, 0.29) is 30.7 Å². The number of esters is 1. The fourth-order valence-electron chi connectivity index (χ4n) is 3.06. The molecule has 1 atom stereocenters. The minimum Gasteiger partial charge on any atom is -0.454 e. The van der Waals surface area contributed by atoms with E-state index in [0.29, 0.717) is 22.8 Å². The zero-order chi connectivity index (χ0) is 16.1. The van der Waals surface area contributed by atoms with Crippen molar-refractivity contribution in [2.75, 3.05) is 6.79 Å². The summed E-state index contributed by atoms with van der Waals surface area (Å²) in [6.45, 7) is 1.99. The first-order valence-corrected chi connectivity index (χ1v) is 7.35. The molecule has 0 unspecified atom stereocenters. The highest BCUT2D eigenvalue weighted by Gasteiger charge is 2.33. The van der Waals surface area contributed by atoms with Gasteiger partial charge in [-0.05, 0) is 24.6 Å². The Bertz CT molecular complexity index is 883. The van der Waals surface area contributed by atoms with Crippen LogP contribution in [0.15, 0.2) is 29.1 Å². The van der Waals surface area contributed by atoms with Gasteiger partial charge in [0.25, 0.3) is 5.56 Å². The highest BCUT2D eigenvalue weighted by molar-refractivity contribution is 5.77. The Morgan fingerprint density at radius 1 is 1.09 bits per heavy atom. The Hall–Kier alpha value is -2.76. The van der Waals surface area contributed by atoms with Crippen molar-refractivity contribution < 1.29 is 19.0 Å². The van der Waals surface area contributed by atoms with Crippen molar-refractivity contribution in [3.8, 4) is 17.2 Å². The van der Waals surface area contributed by atoms with Crippen LogP contribution in [0.1, 0.15) is 29.2 Å². The molecule has 0 bridgehead atoms. The monoisotopic (exact) mass is 313 g/mol. The minimum atomic E-state index is -0.347. The minimum absolute atomic E-state index is 0.130. The van der Waals surface area contributed by atoms with Gasteiger partial charge < -0.3 is 18.8 Å². The van der Waals surface area contributed by atoms with Crippen LogP contribution in [0, 0.1) is 6.92 Å². The molecule has 2 aromatic rings. The van der Waals surface area contributed by atoms with Gasteiger partial charge in [-0.25, -0.2) is 0 Å². The number of nitrogens with zero attached hydrogens (tertiary/aromatic N) is 1. The van der Waals surface area contributed by atoms with Gasteiger partial charge in [-0.2, -0.15) is 0 Å². The summed E-state index contributed by atoms with van der Waals surface area (Å²) < 4.78 is 17.6. The molecule has 0 N–H and O–H groups in total. The number of aromatic nitrogens is 1. The molecule has 0 amide bonds. The van der Waals surface area contributed by atoms with Crippen molar-refractivity contribution >= 4 is 5.97 Å². The lowest BCUT2D eigenvalue weighted by molar-refractivity contribution is -0.135. The van der Waals surface area contributed by atoms with E-state index in [1.165, 1.54) is 0 Å². The predicted octanol–water partition coefficient (Wildman–Crippen LogP) is 1.86. The summed E-state index contributed by atoms with van der Waals surface area (Å²) in [5, 5.41) is 0. The third kappa shape index (κ3) is 2.10. The van der Waals surface area contributed by atoms with E-state index in [2.05, 4.69) is 0 Å². The highest BCUT2D eigenvalue weighted by atomic mass is 16.7. The third-order valence-electron chi connectivity index (χ3n) is 4.41. The standard InChI is InChI=1S/C17H15NO5/c1-9-5-14-16(17(20)18(9)2)11(7-15(19)23-14)10-3-4-12-13(6-10)22-8-21-12/h3-6,11H,7-8H2,1-2H3/t11-/m1/s1. The van der Waals surface area contributed by atoms with Crippen molar-refractivity contribution in [2.24, 2.45) is 7.05 Å². The lowest BCUT2D eigenvalue weighted by Crippen LogP contribution is -2.31. The van der Waals surface area contributed by atoms with Crippen LogP contribution in [0.3, 0.4) is 0 Å². The van der Waals surface area contributed by atoms with Crippen molar-refractivity contribution in [1.29, 1.82) is 0 Å². The summed E-state index contributed by atoms with van der Waals surface area (Å²) in [6, 6.07) is 7.22. The molecule has 0 saturated carbocycles. The number of carbonyl (C=O) groups is 1. The van der Waals surface area contributed by atoms with Gasteiger partial charge in [0.1, 0.15) is 5.75 Å². The van der Waals surface area contributed by atoms with Crippen LogP contribution in [0.5, 0.6) is 17.2 Å². The zero-order valence-corrected chi connectivity index (χ0v) is 12.8. The molecule has 0 aliphatic carbocycles. The Morgan fingerprint density at radius 2 is 1.87 bits per heavy atom. The van der Waals surface area contributed by atoms with E-state index in [4.69, 9.17) is 14.2 Å². The summed E-state index contributed by atoms with van der Waals surface area (Å²) in [5.74, 6) is 0.966. The van der Waals surface area contributed by atoms with Crippen molar-refractivity contribution in [3.05, 3.63) is 51.4 Å². The SMILES string of the molecule is Cc1cc2c(c(=O)n1C)[C@@H](c1ccc3c(c1)OCO3)CC(=O)O2. The Balaban J connectivity index is 1.90.